The number of nitrogens with zero attached hydrogens (tertiary/aromatic N) is 4. The van der Waals surface area contributed by atoms with Crippen LogP contribution in [0.15, 0.2) is 95.8 Å². The SMILES string of the molecule is CC(=O)C1(c2ccccc2)CCN(c2nc(C)c3ccc(=O)n(-c4ccc(C(=O)NCc5ccc(C(=O)O)cc5)cc4)c3n2)CC1. The van der Waals surface area contributed by atoms with Gasteiger partial charge in [0.15, 0.2) is 5.65 Å². The van der Waals surface area contributed by atoms with Crippen molar-refractivity contribution in [2.75, 3.05) is 18.0 Å². The van der Waals surface area contributed by atoms with E-state index in [4.69, 9.17) is 15.1 Å². The first kappa shape index (κ1) is 30.4. The number of carboxylic acid groups (broad SMARTS) is 1. The van der Waals surface area contributed by atoms with Gasteiger partial charge in [-0.3, -0.25) is 19.0 Å². The standard InChI is InChI=1S/C36H33N5O5/c1-23-30-16-17-31(43)41(29-14-12-26(13-15-29)33(44)37-22-25-8-10-27(11-9-25)34(45)46)32(30)39-35(38-23)40-20-18-36(19-21-40,24(2)42)28-6-4-3-5-7-28/h3-17H,18-22H2,1-2H3,(H,37,44)(H,45,46). The van der Waals surface area contributed by atoms with Crippen molar-refractivity contribution in [3.63, 3.8) is 0 Å². The van der Waals surface area contributed by atoms with E-state index >= 15 is 0 Å². The van der Waals surface area contributed by atoms with E-state index in [1.54, 1.807) is 49.4 Å². The summed E-state index contributed by atoms with van der Waals surface area (Å²) in [5, 5.41) is 12.6. The molecule has 6 rings (SSSR count). The normalized spacial score (nSPS) is 14.2. The Labute approximate surface area is 265 Å². The molecule has 2 N–H and O–H groups in total. The van der Waals surface area contributed by atoms with Crippen molar-refractivity contribution in [3.8, 4) is 5.69 Å². The van der Waals surface area contributed by atoms with E-state index in [-0.39, 0.29) is 29.4 Å². The van der Waals surface area contributed by atoms with Crippen LogP contribution in [0.3, 0.4) is 0 Å². The number of aryl methyl sites for hydroxylation is 1. The van der Waals surface area contributed by atoms with Crippen LogP contribution in [0.5, 0.6) is 0 Å². The van der Waals surface area contributed by atoms with Crippen LogP contribution in [-0.4, -0.2) is 50.4 Å². The fraction of sp³-hybridized carbons (Fsp3) is 0.222. The summed E-state index contributed by atoms with van der Waals surface area (Å²) >= 11 is 0. The number of fused-ring (bicyclic) bond motifs is 1. The van der Waals surface area contributed by atoms with E-state index < -0.39 is 11.4 Å². The number of carbonyl (C=O) groups excluding carboxylic acids is 2. The molecule has 232 valence electrons. The van der Waals surface area contributed by atoms with Crippen molar-refractivity contribution in [1.29, 1.82) is 0 Å². The summed E-state index contributed by atoms with van der Waals surface area (Å²) in [5.74, 6) is -0.664. The quantitative estimate of drug-likeness (QED) is 0.253. The summed E-state index contributed by atoms with van der Waals surface area (Å²) in [6.07, 6.45) is 1.26. The van der Waals surface area contributed by atoms with Gasteiger partial charge in [0.05, 0.1) is 22.4 Å². The Morgan fingerprint density at radius 2 is 1.50 bits per heavy atom. The van der Waals surface area contributed by atoms with Gasteiger partial charge in [-0.2, -0.15) is 4.98 Å². The fourth-order valence-electron chi connectivity index (χ4n) is 6.14. The number of aromatic carboxylic acids is 1. The second-order valence-electron chi connectivity index (χ2n) is 11.6. The highest BCUT2D eigenvalue weighted by Crippen LogP contribution is 2.37. The molecule has 0 atom stereocenters. The fourth-order valence-corrected chi connectivity index (χ4v) is 6.14. The number of rotatable bonds is 8. The van der Waals surface area contributed by atoms with Gasteiger partial charge in [0, 0.05) is 36.7 Å². The molecular formula is C36H33N5O5. The van der Waals surface area contributed by atoms with Gasteiger partial charge in [0.1, 0.15) is 5.78 Å². The first-order chi connectivity index (χ1) is 22.2. The summed E-state index contributed by atoms with van der Waals surface area (Å²) < 4.78 is 1.52. The van der Waals surface area contributed by atoms with Gasteiger partial charge in [-0.25, -0.2) is 9.78 Å². The van der Waals surface area contributed by atoms with Crippen molar-refractivity contribution in [2.24, 2.45) is 0 Å². The Bertz CT molecular complexity index is 2000. The molecule has 0 aliphatic carbocycles. The van der Waals surface area contributed by atoms with Crippen molar-refractivity contribution >= 4 is 34.6 Å². The molecule has 1 fully saturated rings. The number of benzene rings is 3. The molecule has 1 aliphatic rings. The molecule has 0 spiro atoms. The smallest absolute Gasteiger partial charge is 0.335 e. The van der Waals surface area contributed by atoms with Crippen LogP contribution < -0.4 is 15.8 Å². The third kappa shape index (κ3) is 5.77. The number of hydrogen-bond acceptors (Lipinski definition) is 7. The Balaban J connectivity index is 1.24. The van der Waals surface area contributed by atoms with E-state index in [1.165, 1.54) is 22.8 Å². The van der Waals surface area contributed by atoms with Crippen molar-refractivity contribution in [1.82, 2.24) is 19.9 Å². The van der Waals surface area contributed by atoms with Gasteiger partial charge < -0.3 is 15.3 Å². The van der Waals surface area contributed by atoms with Crippen LogP contribution in [0.25, 0.3) is 16.7 Å². The molecule has 10 nitrogen and oxygen atoms in total. The number of carbonyl (C=O) groups is 3. The Morgan fingerprint density at radius 1 is 0.848 bits per heavy atom. The highest BCUT2D eigenvalue weighted by atomic mass is 16.4. The largest absolute Gasteiger partial charge is 0.478 e. The van der Waals surface area contributed by atoms with E-state index in [2.05, 4.69) is 10.2 Å². The van der Waals surface area contributed by atoms with Crippen LogP contribution in [0, 0.1) is 6.92 Å². The predicted molar refractivity (Wildman–Crippen MR) is 175 cm³/mol. The third-order valence-electron chi connectivity index (χ3n) is 8.87. The summed E-state index contributed by atoms with van der Waals surface area (Å²) in [4.78, 5) is 61.8. The van der Waals surface area contributed by atoms with Gasteiger partial charge in [-0.15, -0.1) is 0 Å². The van der Waals surface area contributed by atoms with Crippen LogP contribution in [0.2, 0.25) is 0 Å². The summed E-state index contributed by atoms with van der Waals surface area (Å²) in [7, 11) is 0. The molecule has 3 aromatic carbocycles. The maximum atomic E-state index is 13.2. The number of carboxylic acids is 1. The van der Waals surface area contributed by atoms with Gasteiger partial charge in [-0.05, 0) is 80.3 Å². The summed E-state index contributed by atoms with van der Waals surface area (Å²) in [6, 6.07) is 26.1. The minimum Gasteiger partial charge on any atom is -0.478 e. The van der Waals surface area contributed by atoms with E-state index in [9.17, 15) is 19.2 Å². The lowest BCUT2D eigenvalue weighted by Crippen LogP contribution is -2.47. The molecule has 2 aromatic heterocycles. The zero-order valence-corrected chi connectivity index (χ0v) is 25.6. The van der Waals surface area contributed by atoms with Gasteiger partial charge >= 0.3 is 5.97 Å². The van der Waals surface area contributed by atoms with Crippen LogP contribution in [0.1, 0.15) is 57.3 Å². The van der Waals surface area contributed by atoms with Crippen molar-refractivity contribution in [2.45, 2.75) is 38.6 Å². The zero-order chi connectivity index (χ0) is 32.4. The van der Waals surface area contributed by atoms with Crippen LogP contribution in [-0.2, 0) is 16.8 Å². The number of nitrogens with one attached hydrogen (secondary N) is 1. The number of anilines is 1. The zero-order valence-electron chi connectivity index (χ0n) is 25.6. The highest BCUT2D eigenvalue weighted by Gasteiger charge is 2.41. The van der Waals surface area contributed by atoms with Crippen LogP contribution in [0.4, 0.5) is 5.95 Å². The topological polar surface area (TPSA) is 134 Å². The van der Waals surface area contributed by atoms with Crippen LogP contribution >= 0.6 is 0 Å². The van der Waals surface area contributed by atoms with E-state index in [1.807, 2.05) is 37.3 Å². The molecule has 0 unspecified atom stereocenters. The lowest BCUT2D eigenvalue weighted by molar-refractivity contribution is -0.123. The third-order valence-corrected chi connectivity index (χ3v) is 8.87. The Morgan fingerprint density at radius 3 is 2.13 bits per heavy atom. The van der Waals surface area contributed by atoms with Gasteiger partial charge in [0.2, 0.25) is 5.95 Å². The number of aromatic nitrogens is 3. The molecule has 46 heavy (non-hydrogen) atoms. The lowest BCUT2D eigenvalue weighted by atomic mass is 9.70. The maximum absolute atomic E-state index is 13.2. The second-order valence-corrected chi connectivity index (χ2v) is 11.6. The minimum atomic E-state index is -1.01. The lowest BCUT2D eigenvalue weighted by Gasteiger charge is -2.40. The Hall–Kier alpha value is -5.64. The molecule has 1 saturated heterocycles. The number of amides is 1. The molecular weight excluding hydrogens is 582 g/mol. The Kier molecular flexibility index (Phi) is 8.19. The second kappa shape index (κ2) is 12.4. The molecule has 0 saturated carbocycles. The maximum Gasteiger partial charge on any atom is 0.335 e. The van der Waals surface area contributed by atoms with Gasteiger partial charge in [0.25, 0.3) is 11.5 Å². The average Bonchev–Trinajstić information content (AvgIpc) is 3.07. The number of pyridine rings is 1. The number of piperidine rings is 1. The number of ketones is 1. The van der Waals surface area contributed by atoms with Crippen molar-refractivity contribution < 1.29 is 19.5 Å². The molecule has 1 aliphatic heterocycles. The van der Waals surface area contributed by atoms with E-state index in [0.29, 0.717) is 48.8 Å². The molecule has 0 bridgehead atoms. The molecule has 3 heterocycles. The monoisotopic (exact) mass is 615 g/mol. The predicted octanol–water partition coefficient (Wildman–Crippen LogP) is 4.84. The first-order valence-electron chi connectivity index (χ1n) is 15.1. The molecule has 5 aromatic rings. The minimum absolute atomic E-state index is 0.148. The summed E-state index contributed by atoms with van der Waals surface area (Å²) in [6.45, 7) is 4.96. The number of Topliss-reactive ketones (excluding diaryl/α,β-unsaturated/α-hetero) is 1. The highest BCUT2D eigenvalue weighted by molar-refractivity contribution is 5.94. The van der Waals surface area contributed by atoms with Crippen molar-refractivity contribution in [3.05, 3.63) is 129 Å². The molecule has 1 amide bonds. The molecule has 0 radical (unpaired) electrons. The van der Waals surface area contributed by atoms with E-state index in [0.717, 1.165) is 22.2 Å². The first-order valence-corrected chi connectivity index (χ1v) is 15.1. The van der Waals surface area contributed by atoms with Gasteiger partial charge in [-0.1, -0.05) is 42.5 Å². The number of hydrogen-bond donors (Lipinski definition) is 2. The molecule has 10 heteroatoms. The average molecular weight is 616 g/mol. The summed E-state index contributed by atoms with van der Waals surface area (Å²) in [5.41, 5.74) is 3.31.